The van der Waals surface area contributed by atoms with Gasteiger partial charge in [-0.25, -0.2) is 0 Å². The lowest BCUT2D eigenvalue weighted by Gasteiger charge is -2.45. The third-order valence-corrected chi connectivity index (χ3v) is 13.6. The molecule has 9 aromatic carbocycles. The summed E-state index contributed by atoms with van der Waals surface area (Å²) in [5.74, 6) is 0. The van der Waals surface area contributed by atoms with Crippen molar-refractivity contribution < 1.29 is 0 Å². The molecule has 2 unspecified atom stereocenters. The van der Waals surface area contributed by atoms with Crippen molar-refractivity contribution in [3.8, 4) is 33.4 Å². The van der Waals surface area contributed by atoms with Crippen LogP contribution in [0.2, 0.25) is 0 Å². The zero-order valence-electron chi connectivity index (χ0n) is 35.8. The molecule has 0 bridgehead atoms. The summed E-state index contributed by atoms with van der Waals surface area (Å²) in [5.41, 5.74) is 28.1. The Balaban J connectivity index is 0.899. The van der Waals surface area contributed by atoms with E-state index in [9.17, 15) is 0 Å². The molecule has 310 valence electrons. The van der Waals surface area contributed by atoms with Crippen molar-refractivity contribution in [2.24, 2.45) is 5.73 Å². The highest BCUT2D eigenvalue weighted by molar-refractivity contribution is 5.96. The molecule has 12 rings (SSSR count). The van der Waals surface area contributed by atoms with Crippen LogP contribution in [0.5, 0.6) is 0 Å². The van der Waals surface area contributed by atoms with Gasteiger partial charge in [0.1, 0.15) is 6.17 Å². The van der Waals surface area contributed by atoms with E-state index in [1.54, 1.807) is 0 Å². The minimum absolute atomic E-state index is 0.200. The van der Waals surface area contributed by atoms with Crippen molar-refractivity contribution in [3.63, 3.8) is 0 Å². The molecule has 0 saturated heterocycles. The molecule has 4 N–H and O–H groups in total. The second-order valence-corrected chi connectivity index (χ2v) is 17.1. The topological polar surface area (TPSA) is 53.3 Å². The number of allylic oxidation sites excluding steroid dienone is 2. The van der Waals surface area contributed by atoms with E-state index in [1.807, 2.05) is 6.07 Å². The summed E-state index contributed by atoms with van der Waals surface area (Å²) in [6, 6.07) is 83.3. The maximum atomic E-state index is 7.13. The Morgan fingerprint density at radius 1 is 0.446 bits per heavy atom. The predicted molar refractivity (Wildman–Crippen MR) is 269 cm³/mol. The number of rotatable bonds is 8. The number of nitrogens with zero attached hydrogens (tertiary/aromatic N) is 1. The van der Waals surface area contributed by atoms with Crippen LogP contribution in [-0.4, -0.2) is 6.17 Å². The zero-order chi connectivity index (χ0) is 43.3. The van der Waals surface area contributed by atoms with Crippen molar-refractivity contribution in [2.75, 3.05) is 4.90 Å². The highest BCUT2D eigenvalue weighted by atomic mass is 15.2. The number of hydrogen-bond donors (Lipinski definition) is 3. The molecule has 4 nitrogen and oxygen atoms in total. The van der Waals surface area contributed by atoms with Gasteiger partial charge in [-0.3, -0.25) is 5.32 Å². The molecular weight excluding hydrogens is 789 g/mol. The number of hydrogen-bond acceptors (Lipinski definition) is 4. The molecule has 3 aliphatic rings. The highest BCUT2D eigenvalue weighted by Gasteiger charge is 2.51. The van der Waals surface area contributed by atoms with Crippen LogP contribution in [0.3, 0.4) is 0 Å². The Labute approximate surface area is 380 Å². The summed E-state index contributed by atoms with van der Waals surface area (Å²) < 4.78 is 0. The van der Waals surface area contributed by atoms with Crippen LogP contribution in [0.15, 0.2) is 243 Å². The predicted octanol–water partition coefficient (Wildman–Crippen LogP) is 13.8. The van der Waals surface area contributed by atoms with Gasteiger partial charge in [0.25, 0.3) is 0 Å². The van der Waals surface area contributed by atoms with Crippen molar-refractivity contribution in [3.05, 3.63) is 282 Å². The second-order valence-electron chi connectivity index (χ2n) is 17.1. The Hall–Kier alpha value is -8.02. The SMILES string of the molecule is NC(NC1NC=C(c2ccccc2)C=C1c1ccccc1)c1ccccc1-c1ccc(-c2ccc3c(c2)C2(c4ccccc4-3)c3ccccc3N(c3ccccc3)c3ccccc32)cc1. The maximum absolute atomic E-state index is 7.13. The highest BCUT2D eigenvalue weighted by Crippen LogP contribution is 2.63. The molecule has 2 aliphatic heterocycles. The van der Waals surface area contributed by atoms with E-state index in [1.165, 1.54) is 50.3 Å². The van der Waals surface area contributed by atoms with Crippen molar-refractivity contribution in [1.82, 2.24) is 10.6 Å². The van der Waals surface area contributed by atoms with Gasteiger partial charge < -0.3 is 16.0 Å². The van der Waals surface area contributed by atoms with E-state index in [0.29, 0.717) is 0 Å². The quantitative estimate of drug-likeness (QED) is 0.134. The number of fused-ring (bicyclic) bond motifs is 9. The van der Waals surface area contributed by atoms with Crippen LogP contribution in [0, 0.1) is 0 Å². The first kappa shape index (κ1) is 38.6. The summed E-state index contributed by atoms with van der Waals surface area (Å²) in [4.78, 5) is 2.43. The summed E-state index contributed by atoms with van der Waals surface area (Å²) in [6.07, 6.45) is 3.70. The lowest BCUT2D eigenvalue weighted by atomic mass is 9.64. The summed E-state index contributed by atoms with van der Waals surface area (Å²) in [5, 5.41) is 7.38. The van der Waals surface area contributed by atoms with E-state index in [0.717, 1.165) is 50.2 Å². The molecule has 2 atom stereocenters. The van der Waals surface area contributed by atoms with Gasteiger partial charge in [-0.1, -0.05) is 200 Å². The van der Waals surface area contributed by atoms with Crippen LogP contribution in [0.25, 0.3) is 44.5 Å². The number of benzene rings is 9. The summed E-state index contributed by atoms with van der Waals surface area (Å²) >= 11 is 0. The average Bonchev–Trinajstić information content (AvgIpc) is 3.67. The molecule has 0 radical (unpaired) electrons. The zero-order valence-corrected chi connectivity index (χ0v) is 35.8. The number of dihydropyridines is 1. The maximum Gasteiger partial charge on any atom is 0.105 e. The lowest BCUT2D eigenvalue weighted by molar-refractivity contribution is 0.475. The molecule has 0 saturated carbocycles. The fourth-order valence-electron chi connectivity index (χ4n) is 10.7. The Morgan fingerprint density at radius 3 is 1.66 bits per heavy atom. The molecule has 1 spiro atoms. The molecule has 65 heavy (non-hydrogen) atoms. The number of nitrogens with one attached hydrogen (secondary N) is 2. The van der Waals surface area contributed by atoms with E-state index in [2.05, 4.69) is 252 Å². The minimum atomic E-state index is -0.510. The van der Waals surface area contributed by atoms with Gasteiger partial charge in [-0.2, -0.15) is 0 Å². The fraction of sp³-hybridized carbons (Fsp3) is 0.0492. The first-order valence-corrected chi connectivity index (χ1v) is 22.5. The first-order chi connectivity index (χ1) is 32.2. The van der Waals surface area contributed by atoms with E-state index >= 15 is 0 Å². The summed E-state index contributed by atoms with van der Waals surface area (Å²) in [6.45, 7) is 0. The standard InChI is InChI=1S/C61H46N4/c62-59(64-60-52(43-20-6-2-7-21-43)38-46(40-63-60)41-18-4-1-5-19-41)51-26-11-10-24-48(51)44-34-32-42(33-35-44)45-36-37-50-49-25-12-13-27-53(49)61(56(50)39-45)54-28-14-16-30-57(54)65(47-22-8-3-9-23-47)58-31-17-15-29-55(58)61/h1-40,59-60,63-64H,62H2. The molecule has 2 heterocycles. The van der Waals surface area contributed by atoms with E-state index in [-0.39, 0.29) is 6.17 Å². The van der Waals surface area contributed by atoms with Crippen LogP contribution in [-0.2, 0) is 5.41 Å². The lowest BCUT2D eigenvalue weighted by Crippen LogP contribution is -2.46. The molecule has 1 aliphatic carbocycles. The fourth-order valence-corrected chi connectivity index (χ4v) is 10.7. The number of para-hydroxylation sites is 3. The van der Waals surface area contributed by atoms with Crippen LogP contribution < -0.4 is 21.3 Å². The minimum Gasteiger partial charge on any atom is -0.371 e. The van der Waals surface area contributed by atoms with E-state index in [4.69, 9.17) is 5.73 Å². The summed E-state index contributed by atoms with van der Waals surface area (Å²) in [7, 11) is 0. The van der Waals surface area contributed by atoms with Crippen molar-refractivity contribution >= 4 is 28.2 Å². The van der Waals surface area contributed by atoms with Crippen LogP contribution in [0.1, 0.15) is 45.1 Å². The average molecular weight is 835 g/mol. The van der Waals surface area contributed by atoms with Gasteiger partial charge in [-0.15, -0.1) is 0 Å². The molecule has 0 aromatic heterocycles. The number of nitrogens with two attached hydrogens (primary N) is 1. The second kappa shape index (κ2) is 16.0. The van der Waals surface area contributed by atoms with Gasteiger partial charge in [0, 0.05) is 11.9 Å². The Bertz CT molecular complexity index is 3230. The van der Waals surface area contributed by atoms with Gasteiger partial charge in [0.2, 0.25) is 0 Å². The largest absolute Gasteiger partial charge is 0.371 e. The molecule has 9 aromatic rings. The van der Waals surface area contributed by atoms with E-state index < -0.39 is 11.6 Å². The van der Waals surface area contributed by atoms with Gasteiger partial charge in [-0.05, 0) is 120 Å². The first-order valence-electron chi connectivity index (χ1n) is 22.5. The molecule has 0 fully saturated rings. The smallest absolute Gasteiger partial charge is 0.105 e. The third kappa shape index (κ3) is 6.37. The number of anilines is 3. The Morgan fingerprint density at radius 2 is 0.969 bits per heavy atom. The van der Waals surface area contributed by atoms with Gasteiger partial charge >= 0.3 is 0 Å². The monoisotopic (exact) mass is 834 g/mol. The van der Waals surface area contributed by atoms with Crippen molar-refractivity contribution in [1.29, 1.82) is 0 Å². The van der Waals surface area contributed by atoms with Gasteiger partial charge in [0.15, 0.2) is 0 Å². The molecular formula is C61H46N4. The molecule has 4 heteroatoms. The van der Waals surface area contributed by atoms with Crippen LogP contribution in [0.4, 0.5) is 17.1 Å². The normalized spacial score (nSPS) is 15.7. The van der Waals surface area contributed by atoms with Gasteiger partial charge in [0.05, 0.1) is 23.0 Å². The third-order valence-electron chi connectivity index (χ3n) is 13.6. The van der Waals surface area contributed by atoms with Crippen LogP contribution >= 0.6 is 0 Å². The molecule has 0 amide bonds. The van der Waals surface area contributed by atoms with Crippen molar-refractivity contribution in [2.45, 2.75) is 17.7 Å². The Kier molecular flexibility index (Phi) is 9.49.